The predicted octanol–water partition coefficient (Wildman–Crippen LogP) is 2.51. The van der Waals surface area contributed by atoms with Crippen molar-refractivity contribution in [3.8, 4) is 0 Å². The Balaban J connectivity index is 1.70. The van der Waals surface area contributed by atoms with Crippen molar-refractivity contribution in [1.29, 1.82) is 0 Å². The van der Waals surface area contributed by atoms with Crippen molar-refractivity contribution in [1.82, 2.24) is 14.8 Å². The van der Waals surface area contributed by atoms with Crippen LogP contribution in [0.2, 0.25) is 0 Å². The fraction of sp³-hybridized carbons (Fsp3) is 0.467. The summed E-state index contributed by atoms with van der Waals surface area (Å²) in [5.41, 5.74) is 2.31. The maximum absolute atomic E-state index is 4.54. The van der Waals surface area contributed by atoms with Gasteiger partial charge in [0, 0.05) is 44.1 Å². The Bertz CT molecular complexity index is 557. The molecule has 20 heavy (non-hydrogen) atoms. The van der Waals surface area contributed by atoms with E-state index in [4.69, 9.17) is 0 Å². The summed E-state index contributed by atoms with van der Waals surface area (Å²) in [7, 11) is 0. The Kier molecular flexibility index (Phi) is 3.85. The first-order valence-electron chi connectivity index (χ1n) is 7.32. The van der Waals surface area contributed by atoms with Gasteiger partial charge in [0.15, 0.2) is 5.82 Å². The SMILES string of the molecule is CCn1cc(CNc2cccnc2N2CCCC2)cn1. The van der Waals surface area contributed by atoms with Crippen LogP contribution in [-0.2, 0) is 13.1 Å². The monoisotopic (exact) mass is 271 g/mol. The van der Waals surface area contributed by atoms with Crippen LogP contribution < -0.4 is 10.2 Å². The zero-order valence-corrected chi connectivity index (χ0v) is 11.9. The van der Waals surface area contributed by atoms with Crippen molar-refractivity contribution < 1.29 is 0 Å². The number of rotatable bonds is 5. The van der Waals surface area contributed by atoms with Crippen molar-refractivity contribution >= 4 is 11.5 Å². The second-order valence-corrected chi connectivity index (χ2v) is 5.13. The zero-order valence-electron chi connectivity index (χ0n) is 11.9. The maximum atomic E-state index is 4.54. The highest BCUT2D eigenvalue weighted by Crippen LogP contribution is 2.26. The molecule has 0 saturated carbocycles. The average molecular weight is 271 g/mol. The molecule has 3 heterocycles. The van der Waals surface area contributed by atoms with Gasteiger partial charge in [0.25, 0.3) is 0 Å². The molecule has 1 N–H and O–H groups in total. The molecule has 1 aliphatic heterocycles. The fourth-order valence-electron chi connectivity index (χ4n) is 2.58. The van der Waals surface area contributed by atoms with Gasteiger partial charge < -0.3 is 10.2 Å². The van der Waals surface area contributed by atoms with Gasteiger partial charge in [-0.1, -0.05) is 0 Å². The third kappa shape index (κ3) is 2.76. The van der Waals surface area contributed by atoms with Gasteiger partial charge in [-0.15, -0.1) is 0 Å². The summed E-state index contributed by atoms with van der Waals surface area (Å²) >= 11 is 0. The molecular weight excluding hydrogens is 250 g/mol. The molecule has 0 radical (unpaired) electrons. The molecule has 0 aliphatic carbocycles. The Hall–Kier alpha value is -2.04. The molecule has 0 atom stereocenters. The van der Waals surface area contributed by atoms with E-state index in [-0.39, 0.29) is 0 Å². The number of aromatic nitrogens is 3. The molecule has 3 rings (SSSR count). The van der Waals surface area contributed by atoms with E-state index >= 15 is 0 Å². The Labute approximate surface area is 119 Å². The summed E-state index contributed by atoms with van der Waals surface area (Å²) < 4.78 is 1.95. The van der Waals surface area contributed by atoms with Gasteiger partial charge in [0.1, 0.15) is 0 Å². The molecular formula is C15H21N5. The van der Waals surface area contributed by atoms with Crippen LogP contribution in [0.25, 0.3) is 0 Å². The van der Waals surface area contributed by atoms with Crippen molar-refractivity contribution in [2.75, 3.05) is 23.3 Å². The lowest BCUT2D eigenvalue weighted by atomic mass is 10.3. The van der Waals surface area contributed by atoms with Gasteiger partial charge in [0.05, 0.1) is 11.9 Å². The smallest absolute Gasteiger partial charge is 0.151 e. The maximum Gasteiger partial charge on any atom is 0.151 e. The number of nitrogens with one attached hydrogen (secondary N) is 1. The lowest BCUT2D eigenvalue weighted by molar-refractivity contribution is 0.659. The van der Waals surface area contributed by atoms with Crippen LogP contribution in [0.1, 0.15) is 25.3 Å². The van der Waals surface area contributed by atoms with Gasteiger partial charge in [-0.05, 0) is 31.9 Å². The minimum Gasteiger partial charge on any atom is -0.378 e. The lowest BCUT2D eigenvalue weighted by Crippen LogP contribution is -2.20. The van der Waals surface area contributed by atoms with Crippen LogP contribution in [0.5, 0.6) is 0 Å². The van der Waals surface area contributed by atoms with Gasteiger partial charge >= 0.3 is 0 Å². The quantitative estimate of drug-likeness (QED) is 0.907. The molecule has 0 amide bonds. The minimum atomic E-state index is 0.784. The van der Waals surface area contributed by atoms with Crippen molar-refractivity contribution in [3.05, 3.63) is 36.3 Å². The first kappa shape index (κ1) is 13.0. The Morgan fingerprint density at radius 3 is 2.90 bits per heavy atom. The third-order valence-corrected chi connectivity index (χ3v) is 3.69. The van der Waals surface area contributed by atoms with Crippen molar-refractivity contribution in [2.24, 2.45) is 0 Å². The summed E-state index contributed by atoms with van der Waals surface area (Å²) in [5.74, 6) is 1.08. The summed E-state index contributed by atoms with van der Waals surface area (Å²) in [4.78, 5) is 6.90. The Morgan fingerprint density at radius 2 is 2.15 bits per heavy atom. The second kappa shape index (κ2) is 5.94. The van der Waals surface area contributed by atoms with E-state index < -0.39 is 0 Å². The molecule has 5 nitrogen and oxygen atoms in total. The molecule has 2 aromatic rings. The number of hydrogen-bond donors (Lipinski definition) is 1. The van der Waals surface area contributed by atoms with Crippen LogP contribution in [0, 0.1) is 0 Å². The van der Waals surface area contributed by atoms with Crippen molar-refractivity contribution in [3.63, 3.8) is 0 Å². The third-order valence-electron chi connectivity index (χ3n) is 3.69. The fourth-order valence-corrected chi connectivity index (χ4v) is 2.58. The number of nitrogens with zero attached hydrogens (tertiary/aromatic N) is 4. The van der Waals surface area contributed by atoms with Gasteiger partial charge in [-0.2, -0.15) is 5.10 Å². The highest BCUT2D eigenvalue weighted by molar-refractivity contribution is 5.65. The van der Waals surface area contributed by atoms with Crippen LogP contribution in [0.15, 0.2) is 30.7 Å². The van der Waals surface area contributed by atoms with Gasteiger partial charge in [-0.3, -0.25) is 4.68 Å². The minimum absolute atomic E-state index is 0.784. The lowest BCUT2D eigenvalue weighted by Gasteiger charge is -2.20. The molecule has 1 saturated heterocycles. The largest absolute Gasteiger partial charge is 0.378 e. The molecule has 0 spiro atoms. The predicted molar refractivity (Wildman–Crippen MR) is 80.9 cm³/mol. The molecule has 2 aromatic heterocycles. The molecule has 1 aliphatic rings. The van der Waals surface area contributed by atoms with Crippen molar-refractivity contribution in [2.45, 2.75) is 32.9 Å². The van der Waals surface area contributed by atoms with E-state index in [0.29, 0.717) is 0 Å². The summed E-state index contributed by atoms with van der Waals surface area (Å²) in [6.45, 7) is 6.01. The van der Waals surface area contributed by atoms with Gasteiger partial charge in [-0.25, -0.2) is 4.98 Å². The van der Waals surface area contributed by atoms with Crippen LogP contribution in [0.4, 0.5) is 11.5 Å². The number of hydrogen-bond acceptors (Lipinski definition) is 4. The topological polar surface area (TPSA) is 46.0 Å². The summed E-state index contributed by atoms with van der Waals surface area (Å²) in [6, 6.07) is 4.09. The zero-order chi connectivity index (χ0) is 13.8. The van der Waals surface area contributed by atoms with E-state index in [1.54, 1.807) is 0 Å². The number of aryl methyl sites for hydroxylation is 1. The van der Waals surface area contributed by atoms with Crippen LogP contribution in [-0.4, -0.2) is 27.9 Å². The van der Waals surface area contributed by atoms with E-state index in [9.17, 15) is 0 Å². The first-order valence-corrected chi connectivity index (χ1v) is 7.32. The Morgan fingerprint density at radius 1 is 1.30 bits per heavy atom. The van der Waals surface area contributed by atoms with Crippen LogP contribution in [0.3, 0.4) is 0 Å². The van der Waals surface area contributed by atoms with Crippen LogP contribution >= 0.6 is 0 Å². The summed E-state index contributed by atoms with van der Waals surface area (Å²) in [6.07, 6.45) is 8.40. The number of anilines is 2. The normalized spacial score (nSPS) is 14.8. The van der Waals surface area contributed by atoms with E-state index in [1.165, 1.54) is 18.4 Å². The van der Waals surface area contributed by atoms with E-state index in [2.05, 4.69) is 39.5 Å². The van der Waals surface area contributed by atoms with E-state index in [0.717, 1.165) is 37.7 Å². The first-order chi connectivity index (χ1) is 9.86. The number of pyridine rings is 1. The molecule has 0 bridgehead atoms. The highest BCUT2D eigenvalue weighted by atomic mass is 15.3. The standard InChI is InChI=1S/C15H21N5/c1-2-20-12-13(11-18-20)10-17-14-6-5-7-16-15(14)19-8-3-4-9-19/h5-7,11-12,17H,2-4,8-10H2,1H3. The molecule has 106 valence electrons. The van der Waals surface area contributed by atoms with Gasteiger partial charge in [0.2, 0.25) is 0 Å². The summed E-state index contributed by atoms with van der Waals surface area (Å²) in [5, 5.41) is 7.78. The molecule has 5 heteroatoms. The molecule has 0 unspecified atom stereocenters. The molecule has 0 aromatic carbocycles. The molecule has 1 fully saturated rings. The second-order valence-electron chi connectivity index (χ2n) is 5.13. The van der Waals surface area contributed by atoms with E-state index in [1.807, 2.05) is 23.1 Å². The average Bonchev–Trinajstić information content (AvgIpc) is 3.17. The highest BCUT2D eigenvalue weighted by Gasteiger charge is 2.16.